The standard InChI is InChI=1S/C55H65FO13/c1-10-11-12-13-39-14-16-40(17-15-39)42-20-25-47(48(56)29-42)43-21-24-46(44(28-43)30-65-51(59)35(2)3)41-18-22-45(23-19-41)66-31-55(32-67-52(60)36(4)5,33-68-53(61)37(6)26-49(57)63-8)34-69-54(62)38(7)27-50(58)64-9/h18-25,28-29,39-40H,2,4,6-7,10-17,26-27,30-34H2,1,3,5,8-9H3. The van der Waals surface area contributed by atoms with Crippen LogP contribution < -0.4 is 4.74 Å². The highest BCUT2D eigenvalue weighted by Gasteiger charge is 2.38. The Labute approximate surface area is 404 Å². The van der Waals surface area contributed by atoms with E-state index in [1.807, 2.05) is 24.3 Å². The summed E-state index contributed by atoms with van der Waals surface area (Å²) in [5.41, 5.74) is 2.22. The third-order valence-electron chi connectivity index (χ3n) is 12.0. The Morgan fingerprint density at radius 2 is 1.14 bits per heavy atom. The largest absolute Gasteiger partial charge is 0.493 e. The average molecular weight is 953 g/mol. The van der Waals surface area contributed by atoms with Gasteiger partial charge in [0.2, 0.25) is 0 Å². The van der Waals surface area contributed by atoms with E-state index in [-0.39, 0.29) is 47.1 Å². The van der Waals surface area contributed by atoms with Gasteiger partial charge in [-0.2, -0.15) is 0 Å². The van der Waals surface area contributed by atoms with Crippen molar-refractivity contribution in [2.24, 2.45) is 11.3 Å². The predicted octanol–water partition coefficient (Wildman–Crippen LogP) is 10.4. The summed E-state index contributed by atoms with van der Waals surface area (Å²) in [6.45, 7) is 17.5. The van der Waals surface area contributed by atoms with Crippen LogP contribution in [-0.2, 0) is 63.8 Å². The van der Waals surface area contributed by atoms with Gasteiger partial charge in [-0.25, -0.2) is 23.6 Å². The lowest BCUT2D eigenvalue weighted by Gasteiger charge is -2.32. The molecule has 0 heterocycles. The number of ether oxygens (including phenoxy) is 7. The van der Waals surface area contributed by atoms with Gasteiger partial charge in [-0.15, -0.1) is 0 Å². The van der Waals surface area contributed by atoms with Gasteiger partial charge in [-0.05, 0) is 103 Å². The Balaban J connectivity index is 1.62. The van der Waals surface area contributed by atoms with E-state index in [4.69, 9.17) is 23.7 Å². The Morgan fingerprint density at radius 1 is 0.623 bits per heavy atom. The fourth-order valence-electron chi connectivity index (χ4n) is 7.75. The Bertz CT molecular complexity index is 2330. The van der Waals surface area contributed by atoms with Crippen molar-refractivity contribution in [1.29, 1.82) is 0 Å². The van der Waals surface area contributed by atoms with Crippen LogP contribution >= 0.6 is 0 Å². The molecule has 0 aromatic heterocycles. The van der Waals surface area contributed by atoms with E-state index < -0.39 is 73.9 Å². The first-order valence-electron chi connectivity index (χ1n) is 23.0. The fraction of sp³-hybridized carbons (Fsp3) is 0.418. The van der Waals surface area contributed by atoms with Crippen molar-refractivity contribution < 1.29 is 66.3 Å². The maximum Gasteiger partial charge on any atom is 0.334 e. The fourth-order valence-corrected chi connectivity index (χ4v) is 7.75. The van der Waals surface area contributed by atoms with Crippen molar-refractivity contribution in [2.75, 3.05) is 40.6 Å². The first-order chi connectivity index (χ1) is 32.9. The molecule has 69 heavy (non-hydrogen) atoms. The second kappa shape index (κ2) is 26.6. The summed E-state index contributed by atoms with van der Waals surface area (Å²) in [4.78, 5) is 74.9. The van der Waals surface area contributed by atoms with Crippen LogP contribution in [0.4, 0.5) is 4.39 Å². The minimum atomic E-state index is -1.59. The van der Waals surface area contributed by atoms with Gasteiger partial charge in [-0.3, -0.25) is 9.59 Å². The molecule has 0 radical (unpaired) electrons. The highest BCUT2D eigenvalue weighted by Crippen LogP contribution is 2.40. The van der Waals surface area contributed by atoms with Crippen LogP contribution in [0.3, 0.4) is 0 Å². The molecule has 0 atom stereocenters. The van der Waals surface area contributed by atoms with E-state index in [1.165, 1.54) is 32.6 Å². The van der Waals surface area contributed by atoms with Crippen molar-refractivity contribution in [3.05, 3.63) is 126 Å². The van der Waals surface area contributed by atoms with Gasteiger partial charge in [0.05, 0.1) is 27.1 Å². The molecular weight excluding hydrogens is 888 g/mol. The molecule has 1 aliphatic rings. The van der Waals surface area contributed by atoms with Gasteiger partial charge >= 0.3 is 35.8 Å². The molecule has 13 nitrogen and oxygen atoms in total. The zero-order chi connectivity index (χ0) is 50.7. The highest BCUT2D eigenvalue weighted by molar-refractivity contribution is 5.94. The summed E-state index contributed by atoms with van der Waals surface area (Å²) in [5, 5.41) is 0. The van der Waals surface area contributed by atoms with Crippen LogP contribution in [0.15, 0.2) is 109 Å². The monoisotopic (exact) mass is 952 g/mol. The molecule has 1 saturated carbocycles. The van der Waals surface area contributed by atoms with Crippen molar-refractivity contribution >= 4 is 35.8 Å². The van der Waals surface area contributed by atoms with E-state index in [0.717, 1.165) is 51.4 Å². The van der Waals surface area contributed by atoms with E-state index in [2.05, 4.69) is 42.7 Å². The number of benzene rings is 3. The number of unbranched alkanes of at least 4 members (excludes halogenated alkanes) is 2. The molecule has 0 saturated heterocycles. The number of halogens is 1. The maximum atomic E-state index is 16.0. The van der Waals surface area contributed by atoms with Gasteiger partial charge in [-0.1, -0.05) is 95.3 Å². The van der Waals surface area contributed by atoms with E-state index in [1.54, 1.807) is 43.3 Å². The van der Waals surface area contributed by atoms with Crippen molar-refractivity contribution in [3.8, 4) is 28.0 Å². The molecule has 0 bridgehead atoms. The van der Waals surface area contributed by atoms with Crippen LogP contribution in [-0.4, -0.2) is 76.5 Å². The normalized spacial score (nSPS) is 14.3. The number of rotatable bonds is 26. The van der Waals surface area contributed by atoms with Crippen LogP contribution in [0.5, 0.6) is 5.75 Å². The van der Waals surface area contributed by atoms with E-state index >= 15 is 4.39 Å². The Morgan fingerprint density at radius 3 is 1.67 bits per heavy atom. The molecule has 0 N–H and O–H groups in total. The first-order valence-corrected chi connectivity index (χ1v) is 23.0. The number of hydrogen-bond donors (Lipinski definition) is 0. The number of carbonyl (C=O) groups excluding carboxylic acids is 6. The number of methoxy groups -OCH3 is 2. The average Bonchev–Trinajstić information content (AvgIpc) is 3.34. The second-order valence-electron chi connectivity index (χ2n) is 17.7. The molecule has 0 amide bonds. The summed E-state index contributed by atoms with van der Waals surface area (Å²) in [6.07, 6.45) is 8.50. The molecule has 3 aromatic rings. The van der Waals surface area contributed by atoms with Crippen molar-refractivity contribution in [3.63, 3.8) is 0 Å². The first kappa shape index (κ1) is 54.8. The van der Waals surface area contributed by atoms with E-state index in [0.29, 0.717) is 33.7 Å². The minimum absolute atomic E-state index is 0.0535. The molecule has 4 rings (SSSR count). The van der Waals surface area contributed by atoms with Crippen LogP contribution in [0, 0.1) is 17.2 Å². The lowest BCUT2D eigenvalue weighted by molar-refractivity contribution is -0.161. The third kappa shape index (κ3) is 16.7. The van der Waals surface area contributed by atoms with Crippen molar-refractivity contribution in [1.82, 2.24) is 0 Å². The molecule has 1 fully saturated rings. The number of carbonyl (C=O) groups is 6. The summed E-state index contributed by atoms with van der Waals surface area (Å²) < 4.78 is 53.6. The molecule has 3 aromatic carbocycles. The molecular formula is C55H65FO13. The lowest BCUT2D eigenvalue weighted by atomic mass is 9.77. The number of esters is 6. The Hall–Kier alpha value is -6.83. The zero-order valence-electron chi connectivity index (χ0n) is 40.5. The zero-order valence-corrected chi connectivity index (χ0v) is 40.5. The maximum absolute atomic E-state index is 16.0. The van der Waals surface area contributed by atoms with Gasteiger partial charge in [0.1, 0.15) is 50.0 Å². The van der Waals surface area contributed by atoms with Crippen LogP contribution in [0.1, 0.15) is 102 Å². The Kier molecular flexibility index (Phi) is 21.1. The van der Waals surface area contributed by atoms with Gasteiger partial charge in [0.25, 0.3) is 0 Å². The van der Waals surface area contributed by atoms with E-state index in [9.17, 15) is 28.8 Å². The van der Waals surface area contributed by atoms with Gasteiger partial charge in [0.15, 0.2) is 0 Å². The second-order valence-corrected chi connectivity index (χ2v) is 17.7. The molecule has 0 aliphatic heterocycles. The molecule has 0 spiro atoms. The molecule has 0 unspecified atom stereocenters. The SMILES string of the molecule is C=C(C)C(=O)OCc1cc(-c2ccc(C3CCC(CCCCC)CC3)cc2F)ccc1-c1ccc(OCC(COC(=O)C(=C)C)(COC(=O)C(=C)CC(=O)OC)COC(=O)C(=C)CC(=O)OC)cc1. The lowest BCUT2D eigenvalue weighted by Crippen LogP contribution is -2.44. The van der Waals surface area contributed by atoms with Crippen LogP contribution in [0.2, 0.25) is 0 Å². The molecule has 14 heteroatoms. The van der Waals surface area contributed by atoms with Gasteiger partial charge in [0, 0.05) is 27.9 Å². The minimum Gasteiger partial charge on any atom is -0.493 e. The number of hydrogen-bond acceptors (Lipinski definition) is 13. The smallest absolute Gasteiger partial charge is 0.334 e. The summed E-state index contributed by atoms with van der Waals surface area (Å²) in [5.74, 6) is -3.80. The summed E-state index contributed by atoms with van der Waals surface area (Å²) in [7, 11) is 2.29. The topological polar surface area (TPSA) is 167 Å². The summed E-state index contributed by atoms with van der Waals surface area (Å²) in [6, 6.07) is 17.7. The van der Waals surface area contributed by atoms with Gasteiger partial charge < -0.3 is 33.2 Å². The van der Waals surface area contributed by atoms with Crippen molar-refractivity contribution in [2.45, 2.75) is 97.5 Å². The quantitative estimate of drug-likeness (QED) is 0.0323. The third-order valence-corrected chi connectivity index (χ3v) is 12.0. The summed E-state index contributed by atoms with van der Waals surface area (Å²) >= 11 is 0. The van der Waals surface area contributed by atoms with Crippen LogP contribution in [0.25, 0.3) is 22.3 Å². The molecule has 370 valence electrons. The highest BCUT2D eigenvalue weighted by atomic mass is 19.1. The predicted molar refractivity (Wildman–Crippen MR) is 258 cm³/mol. The molecule has 1 aliphatic carbocycles.